The smallest absolute Gasteiger partial charge is 0.194 e. The molecular weight excluding hydrogens is 274 g/mol. The van der Waals surface area contributed by atoms with Crippen molar-refractivity contribution in [2.75, 3.05) is 12.4 Å². The van der Waals surface area contributed by atoms with Gasteiger partial charge in [0.2, 0.25) is 0 Å². The molecule has 0 aliphatic rings. The van der Waals surface area contributed by atoms with Crippen molar-refractivity contribution in [3.8, 4) is 5.75 Å². The molecule has 0 aliphatic heterocycles. The van der Waals surface area contributed by atoms with Gasteiger partial charge in [-0.3, -0.25) is 0 Å². The minimum absolute atomic E-state index is 0.0378. The van der Waals surface area contributed by atoms with E-state index < -0.39 is 23.3 Å². The van der Waals surface area contributed by atoms with Crippen LogP contribution in [0.1, 0.15) is 5.56 Å². The fourth-order valence-electron chi connectivity index (χ4n) is 1.72. The molecule has 0 heterocycles. The van der Waals surface area contributed by atoms with Crippen LogP contribution >= 0.6 is 0 Å². The molecule has 2 aromatic carbocycles. The van der Waals surface area contributed by atoms with E-state index in [4.69, 9.17) is 4.74 Å². The summed E-state index contributed by atoms with van der Waals surface area (Å²) in [6, 6.07) is 5.61. The topological polar surface area (TPSA) is 21.3 Å². The molecule has 1 N–H and O–H groups in total. The lowest BCUT2D eigenvalue weighted by Gasteiger charge is -2.11. The van der Waals surface area contributed by atoms with Crippen molar-refractivity contribution < 1.29 is 22.3 Å². The van der Waals surface area contributed by atoms with Gasteiger partial charge in [0.25, 0.3) is 0 Å². The lowest BCUT2D eigenvalue weighted by Crippen LogP contribution is -2.04. The first kappa shape index (κ1) is 14.2. The van der Waals surface area contributed by atoms with Crippen molar-refractivity contribution >= 4 is 5.69 Å². The third kappa shape index (κ3) is 3.01. The highest BCUT2D eigenvalue weighted by molar-refractivity contribution is 5.56. The fourth-order valence-corrected chi connectivity index (χ4v) is 1.72. The summed E-state index contributed by atoms with van der Waals surface area (Å²) in [5, 5.41) is 2.83. The first-order valence-electron chi connectivity index (χ1n) is 5.72. The molecule has 0 amide bonds. The van der Waals surface area contributed by atoms with Crippen LogP contribution in [0.2, 0.25) is 0 Å². The predicted octanol–water partition coefficient (Wildman–Crippen LogP) is 3.86. The number of methoxy groups -OCH3 is 1. The fraction of sp³-hybridized carbons (Fsp3) is 0.143. The van der Waals surface area contributed by atoms with Gasteiger partial charge in [-0.15, -0.1) is 0 Å². The summed E-state index contributed by atoms with van der Waals surface area (Å²) in [5.74, 6) is -4.23. The number of anilines is 1. The Morgan fingerprint density at radius 2 is 1.65 bits per heavy atom. The molecule has 106 valence electrons. The lowest BCUT2D eigenvalue weighted by molar-refractivity contribution is 0.413. The maximum atomic E-state index is 13.0. The van der Waals surface area contributed by atoms with Gasteiger partial charge in [-0.1, -0.05) is 0 Å². The van der Waals surface area contributed by atoms with Gasteiger partial charge in [0.15, 0.2) is 17.5 Å². The molecular formula is C14H11F4NO. The molecule has 0 radical (unpaired) electrons. The molecule has 2 rings (SSSR count). The molecule has 2 nitrogen and oxygen atoms in total. The Labute approximate surface area is 113 Å². The van der Waals surface area contributed by atoms with Crippen molar-refractivity contribution in [1.29, 1.82) is 0 Å². The van der Waals surface area contributed by atoms with Crippen LogP contribution in [0.5, 0.6) is 5.75 Å². The van der Waals surface area contributed by atoms with Crippen LogP contribution in [-0.2, 0) is 6.54 Å². The summed E-state index contributed by atoms with van der Waals surface area (Å²) >= 11 is 0. The average Bonchev–Trinajstić information content (AvgIpc) is 2.43. The van der Waals surface area contributed by atoms with E-state index in [1.54, 1.807) is 0 Å². The number of halogens is 4. The first-order chi connectivity index (χ1) is 9.51. The summed E-state index contributed by atoms with van der Waals surface area (Å²) in [7, 11) is 1.37. The molecule has 0 fully saturated rings. The van der Waals surface area contributed by atoms with Crippen LogP contribution < -0.4 is 10.1 Å². The molecule has 2 aromatic rings. The highest BCUT2D eigenvalue weighted by Gasteiger charge is 2.11. The standard InChI is InChI=1S/C14H11F4NO/c1-20-13-6-9(15)2-3-12(13)19-7-8-4-10(16)14(18)11(17)5-8/h2-6,19H,7H2,1H3. The summed E-state index contributed by atoms with van der Waals surface area (Å²) < 4.78 is 56.9. The number of ether oxygens (including phenoxy) is 1. The summed E-state index contributed by atoms with van der Waals surface area (Å²) in [6.07, 6.45) is 0. The van der Waals surface area contributed by atoms with E-state index in [0.29, 0.717) is 5.69 Å². The summed E-state index contributed by atoms with van der Waals surface area (Å²) in [4.78, 5) is 0. The molecule has 0 saturated carbocycles. The second kappa shape index (κ2) is 5.81. The van der Waals surface area contributed by atoms with Crippen molar-refractivity contribution in [2.45, 2.75) is 6.54 Å². The Bertz CT molecular complexity index is 608. The van der Waals surface area contributed by atoms with Crippen molar-refractivity contribution in [3.63, 3.8) is 0 Å². The minimum atomic E-state index is -1.51. The maximum absolute atomic E-state index is 13.0. The van der Waals surface area contributed by atoms with Crippen molar-refractivity contribution in [1.82, 2.24) is 0 Å². The van der Waals surface area contributed by atoms with Gasteiger partial charge >= 0.3 is 0 Å². The molecule has 6 heteroatoms. The first-order valence-corrected chi connectivity index (χ1v) is 5.72. The van der Waals surface area contributed by atoms with Gasteiger partial charge in [0, 0.05) is 12.6 Å². The van der Waals surface area contributed by atoms with E-state index in [1.165, 1.54) is 25.3 Å². The summed E-state index contributed by atoms with van der Waals surface area (Å²) in [6.45, 7) is 0.0378. The molecule has 0 bridgehead atoms. The quantitative estimate of drug-likeness (QED) is 0.680. The Morgan fingerprint density at radius 3 is 2.25 bits per heavy atom. The van der Waals surface area contributed by atoms with Crippen LogP contribution in [-0.4, -0.2) is 7.11 Å². The normalized spacial score (nSPS) is 10.4. The Morgan fingerprint density at radius 1 is 1.00 bits per heavy atom. The third-order valence-electron chi connectivity index (χ3n) is 2.69. The minimum Gasteiger partial charge on any atom is -0.494 e. The van der Waals surface area contributed by atoms with Crippen LogP contribution in [0.15, 0.2) is 30.3 Å². The second-order valence-electron chi connectivity index (χ2n) is 4.07. The van der Waals surface area contributed by atoms with Crippen molar-refractivity contribution in [3.05, 3.63) is 59.2 Å². The SMILES string of the molecule is COc1cc(F)ccc1NCc1cc(F)c(F)c(F)c1. The van der Waals surface area contributed by atoms with Crippen LogP contribution in [0, 0.1) is 23.3 Å². The number of hydrogen-bond donors (Lipinski definition) is 1. The number of hydrogen-bond acceptors (Lipinski definition) is 2. The number of nitrogens with one attached hydrogen (secondary N) is 1. The predicted molar refractivity (Wildman–Crippen MR) is 66.6 cm³/mol. The highest BCUT2D eigenvalue weighted by atomic mass is 19.2. The highest BCUT2D eigenvalue weighted by Crippen LogP contribution is 2.25. The van der Waals surface area contributed by atoms with Gasteiger partial charge in [-0.2, -0.15) is 0 Å². The molecule has 0 aromatic heterocycles. The van der Waals surface area contributed by atoms with E-state index in [-0.39, 0.29) is 17.9 Å². The van der Waals surface area contributed by atoms with E-state index in [2.05, 4.69) is 5.32 Å². The average molecular weight is 285 g/mol. The van der Waals surface area contributed by atoms with Crippen LogP contribution in [0.4, 0.5) is 23.2 Å². The van der Waals surface area contributed by atoms with E-state index in [1.807, 2.05) is 0 Å². The van der Waals surface area contributed by atoms with Crippen molar-refractivity contribution in [2.24, 2.45) is 0 Å². The molecule has 0 spiro atoms. The van der Waals surface area contributed by atoms with E-state index in [9.17, 15) is 17.6 Å². The monoisotopic (exact) mass is 285 g/mol. The van der Waals surface area contributed by atoms with E-state index >= 15 is 0 Å². The third-order valence-corrected chi connectivity index (χ3v) is 2.69. The van der Waals surface area contributed by atoms with E-state index in [0.717, 1.165) is 12.1 Å². The van der Waals surface area contributed by atoms with Crippen LogP contribution in [0.25, 0.3) is 0 Å². The zero-order valence-corrected chi connectivity index (χ0v) is 10.5. The summed E-state index contributed by atoms with van der Waals surface area (Å²) in [5.41, 5.74) is 0.673. The van der Waals surface area contributed by atoms with Gasteiger partial charge in [0.05, 0.1) is 12.8 Å². The molecule has 20 heavy (non-hydrogen) atoms. The maximum Gasteiger partial charge on any atom is 0.194 e. The second-order valence-corrected chi connectivity index (χ2v) is 4.07. The molecule has 0 saturated heterocycles. The number of benzene rings is 2. The zero-order valence-electron chi connectivity index (χ0n) is 10.5. The Balaban J connectivity index is 2.17. The Kier molecular flexibility index (Phi) is 4.12. The zero-order chi connectivity index (χ0) is 14.7. The van der Waals surface area contributed by atoms with Gasteiger partial charge in [0.1, 0.15) is 11.6 Å². The van der Waals surface area contributed by atoms with Gasteiger partial charge in [-0.05, 0) is 29.8 Å². The number of rotatable bonds is 4. The van der Waals surface area contributed by atoms with Gasteiger partial charge < -0.3 is 10.1 Å². The van der Waals surface area contributed by atoms with Gasteiger partial charge in [-0.25, -0.2) is 17.6 Å². The molecule has 0 aliphatic carbocycles. The van der Waals surface area contributed by atoms with Crippen LogP contribution in [0.3, 0.4) is 0 Å². The lowest BCUT2D eigenvalue weighted by atomic mass is 10.2. The Hall–Kier alpha value is -2.24. The molecule has 0 unspecified atom stereocenters. The largest absolute Gasteiger partial charge is 0.494 e. The molecule has 0 atom stereocenters.